The van der Waals surface area contributed by atoms with Crippen molar-refractivity contribution >= 4 is 29.2 Å². The van der Waals surface area contributed by atoms with Crippen LogP contribution in [0.1, 0.15) is 26.4 Å². The number of hydrogen-bond donors (Lipinski definition) is 2. The van der Waals surface area contributed by atoms with E-state index in [2.05, 4.69) is 15.6 Å². The van der Waals surface area contributed by atoms with Crippen molar-refractivity contribution in [2.24, 2.45) is 0 Å². The van der Waals surface area contributed by atoms with Gasteiger partial charge in [0.2, 0.25) is 5.75 Å². The molecule has 3 aromatic rings. The van der Waals surface area contributed by atoms with Crippen molar-refractivity contribution in [2.75, 3.05) is 26.6 Å². The van der Waals surface area contributed by atoms with Gasteiger partial charge in [-0.3, -0.25) is 14.9 Å². The van der Waals surface area contributed by atoms with Crippen LogP contribution in [0.15, 0.2) is 39.6 Å². The normalized spacial score (nSPS) is 10.3. The molecule has 0 fully saturated rings. The maximum Gasteiger partial charge on any atom is 0.302 e. The summed E-state index contributed by atoms with van der Waals surface area (Å²) in [4.78, 5) is 28.3. The average molecular weight is 417 g/mol. The van der Waals surface area contributed by atoms with E-state index in [1.807, 2.05) is 0 Å². The second kappa shape index (κ2) is 9.11. The van der Waals surface area contributed by atoms with Gasteiger partial charge in [-0.2, -0.15) is 16.3 Å². The van der Waals surface area contributed by atoms with Crippen LogP contribution in [0.25, 0.3) is 0 Å². The van der Waals surface area contributed by atoms with Gasteiger partial charge in [0, 0.05) is 11.9 Å². The van der Waals surface area contributed by atoms with Crippen molar-refractivity contribution in [1.82, 2.24) is 10.3 Å². The number of carbonyl (C=O) groups excluding carboxylic acids is 2. The number of carbonyl (C=O) groups is 2. The first-order valence-electron chi connectivity index (χ1n) is 8.41. The van der Waals surface area contributed by atoms with Crippen LogP contribution in [0.5, 0.6) is 17.2 Å². The van der Waals surface area contributed by atoms with Crippen LogP contribution < -0.4 is 24.8 Å². The highest BCUT2D eigenvalue weighted by atomic mass is 32.1. The van der Waals surface area contributed by atoms with E-state index < -0.39 is 5.91 Å². The summed E-state index contributed by atoms with van der Waals surface area (Å²) in [6.45, 7) is 0.193. The van der Waals surface area contributed by atoms with E-state index in [9.17, 15) is 9.59 Å². The lowest BCUT2D eigenvalue weighted by atomic mass is 10.1. The number of ether oxygens (including phenoxy) is 3. The van der Waals surface area contributed by atoms with Gasteiger partial charge in [-0.05, 0) is 29.1 Å². The average Bonchev–Trinajstić information content (AvgIpc) is 3.43. The molecule has 2 amide bonds. The van der Waals surface area contributed by atoms with E-state index in [-0.39, 0.29) is 24.2 Å². The van der Waals surface area contributed by atoms with Gasteiger partial charge in [0.1, 0.15) is 6.26 Å². The molecule has 10 heteroatoms. The molecule has 0 spiro atoms. The Morgan fingerprint density at radius 1 is 1.10 bits per heavy atom. The molecule has 0 saturated carbocycles. The van der Waals surface area contributed by atoms with Gasteiger partial charge in [-0.15, -0.1) is 0 Å². The first-order chi connectivity index (χ1) is 14.0. The number of nitrogens with zero attached hydrogens (tertiary/aromatic N) is 1. The molecule has 0 atom stereocenters. The molecule has 0 bridgehead atoms. The van der Waals surface area contributed by atoms with Crippen molar-refractivity contribution in [3.05, 3.63) is 52.0 Å². The van der Waals surface area contributed by atoms with E-state index >= 15 is 0 Å². The molecule has 0 unspecified atom stereocenters. The highest BCUT2D eigenvalue weighted by molar-refractivity contribution is 7.08. The van der Waals surface area contributed by atoms with Gasteiger partial charge < -0.3 is 23.9 Å². The van der Waals surface area contributed by atoms with Crippen molar-refractivity contribution < 1.29 is 28.2 Å². The summed E-state index contributed by atoms with van der Waals surface area (Å²) < 4.78 is 21.0. The third-order valence-electron chi connectivity index (χ3n) is 3.92. The van der Waals surface area contributed by atoms with Gasteiger partial charge in [-0.25, -0.2) is 0 Å². The Morgan fingerprint density at radius 3 is 2.41 bits per heavy atom. The first kappa shape index (κ1) is 20.2. The Bertz CT molecular complexity index is 974. The largest absolute Gasteiger partial charge is 0.493 e. The molecule has 152 valence electrons. The van der Waals surface area contributed by atoms with E-state index in [1.54, 1.807) is 29.0 Å². The fraction of sp³-hybridized carbons (Fsp3) is 0.211. The number of methoxy groups -OCH3 is 3. The van der Waals surface area contributed by atoms with E-state index in [0.717, 1.165) is 5.56 Å². The van der Waals surface area contributed by atoms with Gasteiger partial charge in [0.15, 0.2) is 17.2 Å². The minimum absolute atomic E-state index is 0.0399. The lowest BCUT2D eigenvalue weighted by molar-refractivity contribution is 0.0944. The zero-order valence-corrected chi connectivity index (χ0v) is 16.8. The molecule has 2 heterocycles. The molecule has 0 aliphatic rings. The van der Waals surface area contributed by atoms with Gasteiger partial charge >= 0.3 is 6.01 Å². The van der Waals surface area contributed by atoms with Crippen molar-refractivity contribution in [3.63, 3.8) is 0 Å². The summed E-state index contributed by atoms with van der Waals surface area (Å²) in [5, 5.41) is 8.71. The molecular weight excluding hydrogens is 398 g/mol. The standard InChI is InChI=1S/C19H19N3O6S/c1-25-14-6-11(7-15(26-2)16(14)27-3)8-20-18(24)13-9-28-19(21-13)22-17(23)12-4-5-29-10-12/h4-7,9-10H,8H2,1-3H3,(H,20,24)(H,21,22,23). The number of aromatic nitrogens is 1. The number of benzene rings is 1. The Hall–Kier alpha value is -3.53. The Kier molecular flexibility index (Phi) is 6.35. The van der Waals surface area contributed by atoms with Crippen LogP contribution in [0.4, 0.5) is 6.01 Å². The molecule has 2 N–H and O–H groups in total. The summed E-state index contributed by atoms with van der Waals surface area (Å²) in [6.07, 6.45) is 1.17. The predicted molar refractivity (Wildman–Crippen MR) is 106 cm³/mol. The van der Waals surface area contributed by atoms with E-state index in [0.29, 0.717) is 22.8 Å². The summed E-state index contributed by atoms with van der Waals surface area (Å²) in [6, 6.07) is 5.08. The van der Waals surface area contributed by atoms with Crippen LogP contribution >= 0.6 is 11.3 Å². The number of thiophene rings is 1. The van der Waals surface area contributed by atoms with Crippen molar-refractivity contribution in [1.29, 1.82) is 0 Å². The second-order valence-electron chi connectivity index (χ2n) is 5.72. The number of amides is 2. The van der Waals surface area contributed by atoms with Gasteiger partial charge in [0.05, 0.1) is 26.9 Å². The lowest BCUT2D eigenvalue weighted by Gasteiger charge is -2.14. The highest BCUT2D eigenvalue weighted by Crippen LogP contribution is 2.38. The molecule has 0 aliphatic heterocycles. The molecule has 0 radical (unpaired) electrons. The zero-order valence-electron chi connectivity index (χ0n) is 16.0. The molecular formula is C19H19N3O6S. The van der Waals surface area contributed by atoms with Gasteiger partial charge in [-0.1, -0.05) is 0 Å². The molecule has 0 aliphatic carbocycles. The summed E-state index contributed by atoms with van der Waals surface area (Å²) in [7, 11) is 4.54. The number of hydrogen-bond acceptors (Lipinski definition) is 8. The molecule has 9 nitrogen and oxygen atoms in total. The summed E-state index contributed by atoms with van der Waals surface area (Å²) in [5.74, 6) is 0.607. The van der Waals surface area contributed by atoms with Crippen molar-refractivity contribution in [3.8, 4) is 17.2 Å². The smallest absolute Gasteiger partial charge is 0.302 e. The first-order valence-corrected chi connectivity index (χ1v) is 9.36. The number of oxazole rings is 1. The van der Waals surface area contributed by atoms with E-state index in [4.69, 9.17) is 18.6 Å². The van der Waals surface area contributed by atoms with Crippen LogP contribution in [-0.2, 0) is 6.54 Å². The van der Waals surface area contributed by atoms with Crippen LogP contribution in [0.2, 0.25) is 0 Å². The maximum absolute atomic E-state index is 12.3. The fourth-order valence-corrected chi connectivity index (χ4v) is 3.14. The quantitative estimate of drug-likeness (QED) is 0.579. The Balaban J connectivity index is 1.64. The Labute approximate surface area is 170 Å². The Morgan fingerprint density at radius 2 is 1.83 bits per heavy atom. The zero-order chi connectivity index (χ0) is 20.8. The van der Waals surface area contributed by atoms with E-state index in [1.165, 1.54) is 38.9 Å². The number of anilines is 1. The third-order valence-corrected chi connectivity index (χ3v) is 4.60. The molecule has 3 rings (SSSR count). The van der Waals surface area contributed by atoms with Gasteiger partial charge in [0.25, 0.3) is 11.8 Å². The molecule has 1 aromatic carbocycles. The van der Waals surface area contributed by atoms with Crippen LogP contribution in [-0.4, -0.2) is 38.1 Å². The molecule has 0 saturated heterocycles. The molecule has 2 aromatic heterocycles. The summed E-state index contributed by atoms with van der Waals surface area (Å²) in [5.41, 5.74) is 1.27. The monoisotopic (exact) mass is 417 g/mol. The van der Waals surface area contributed by atoms with Crippen LogP contribution in [0.3, 0.4) is 0 Å². The topological polar surface area (TPSA) is 112 Å². The lowest BCUT2D eigenvalue weighted by Crippen LogP contribution is -2.23. The predicted octanol–water partition coefficient (Wildman–Crippen LogP) is 2.94. The van der Waals surface area contributed by atoms with Crippen LogP contribution in [0, 0.1) is 0 Å². The van der Waals surface area contributed by atoms with Crippen molar-refractivity contribution in [2.45, 2.75) is 6.54 Å². The second-order valence-corrected chi connectivity index (χ2v) is 6.50. The minimum Gasteiger partial charge on any atom is -0.493 e. The maximum atomic E-state index is 12.3. The number of rotatable bonds is 8. The third kappa shape index (κ3) is 4.66. The number of nitrogens with one attached hydrogen (secondary N) is 2. The minimum atomic E-state index is -0.460. The molecule has 29 heavy (non-hydrogen) atoms. The fourth-order valence-electron chi connectivity index (χ4n) is 2.51. The highest BCUT2D eigenvalue weighted by Gasteiger charge is 2.17. The SMILES string of the molecule is COc1cc(CNC(=O)c2coc(NC(=O)c3ccsc3)n2)cc(OC)c1OC. The summed E-state index contributed by atoms with van der Waals surface area (Å²) >= 11 is 1.40.